The van der Waals surface area contributed by atoms with Crippen LogP contribution in [0.2, 0.25) is 5.02 Å². The van der Waals surface area contributed by atoms with Crippen molar-refractivity contribution in [3.05, 3.63) is 70.3 Å². The largest absolute Gasteiger partial charge is 0.483 e. The lowest BCUT2D eigenvalue weighted by atomic mass is 9.77. The Morgan fingerprint density at radius 1 is 1.10 bits per heavy atom. The van der Waals surface area contributed by atoms with E-state index in [0.717, 1.165) is 25.7 Å². The van der Waals surface area contributed by atoms with E-state index < -0.39 is 17.8 Å². The molecule has 7 heteroatoms. The number of hydrogen-bond donors (Lipinski definition) is 0. The lowest BCUT2D eigenvalue weighted by molar-refractivity contribution is -0.131. The molecule has 5 nitrogen and oxygen atoms in total. The van der Waals surface area contributed by atoms with Gasteiger partial charge in [0.15, 0.2) is 11.5 Å². The molecule has 0 N–H and O–H groups in total. The number of carbonyl (C=O) groups excluding carboxylic acids is 2. The van der Waals surface area contributed by atoms with Crippen LogP contribution in [-0.2, 0) is 14.3 Å². The van der Waals surface area contributed by atoms with Crippen LogP contribution in [0.25, 0.3) is 0 Å². The highest BCUT2D eigenvalue weighted by Gasteiger charge is 2.53. The molecule has 1 aromatic carbocycles. The van der Waals surface area contributed by atoms with E-state index in [1.54, 1.807) is 30.3 Å². The van der Waals surface area contributed by atoms with Gasteiger partial charge in [-0.25, -0.2) is 9.37 Å². The van der Waals surface area contributed by atoms with Crippen molar-refractivity contribution in [2.45, 2.75) is 37.8 Å². The van der Waals surface area contributed by atoms with Crippen LogP contribution in [-0.4, -0.2) is 22.8 Å². The van der Waals surface area contributed by atoms with Crippen molar-refractivity contribution < 1.29 is 18.7 Å². The van der Waals surface area contributed by atoms with Crippen LogP contribution < -0.4 is 4.90 Å². The Balaban J connectivity index is 1.68. The van der Waals surface area contributed by atoms with Crippen LogP contribution in [0.15, 0.2) is 53.9 Å². The van der Waals surface area contributed by atoms with Gasteiger partial charge in [0, 0.05) is 11.8 Å². The fourth-order valence-corrected chi connectivity index (χ4v) is 4.69. The molecule has 0 bridgehead atoms. The average Bonchev–Trinajstić information content (AvgIpc) is 3.02. The second-order valence-electron chi connectivity index (χ2n) is 7.59. The highest BCUT2D eigenvalue weighted by atomic mass is 35.5. The molecule has 0 saturated heterocycles. The number of carbonyl (C=O) groups is 2. The third-order valence-corrected chi connectivity index (χ3v) is 6.15. The highest BCUT2D eigenvalue weighted by Crippen LogP contribution is 2.48. The maximum Gasteiger partial charge on any atom is 0.295 e. The van der Waals surface area contributed by atoms with E-state index in [-0.39, 0.29) is 34.7 Å². The molecule has 29 heavy (non-hydrogen) atoms. The summed E-state index contributed by atoms with van der Waals surface area (Å²) in [5.41, 5.74) is 0.480. The van der Waals surface area contributed by atoms with Crippen LogP contribution in [0.4, 0.5) is 10.2 Å². The Labute approximate surface area is 172 Å². The normalized spacial score (nSPS) is 26.3. The fraction of sp³-hybridized carbons (Fsp3) is 0.318. The molecule has 1 saturated carbocycles. The van der Waals surface area contributed by atoms with E-state index in [1.807, 2.05) is 0 Å². The lowest BCUT2D eigenvalue weighted by Gasteiger charge is -2.35. The number of ketones is 1. The Kier molecular flexibility index (Phi) is 4.39. The topological polar surface area (TPSA) is 59.5 Å². The van der Waals surface area contributed by atoms with Gasteiger partial charge in [-0.15, -0.1) is 0 Å². The predicted molar refractivity (Wildman–Crippen MR) is 105 cm³/mol. The van der Waals surface area contributed by atoms with Crippen molar-refractivity contribution in [2.24, 2.45) is 5.92 Å². The molecule has 148 valence electrons. The first-order valence-electron chi connectivity index (χ1n) is 9.71. The van der Waals surface area contributed by atoms with E-state index in [9.17, 15) is 14.0 Å². The molecule has 5 rings (SSSR count). The Morgan fingerprint density at radius 3 is 2.66 bits per heavy atom. The van der Waals surface area contributed by atoms with Crippen molar-refractivity contribution in [2.75, 3.05) is 4.90 Å². The van der Waals surface area contributed by atoms with Gasteiger partial charge >= 0.3 is 0 Å². The molecule has 1 aromatic heterocycles. The van der Waals surface area contributed by atoms with Gasteiger partial charge in [0.25, 0.3) is 5.91 Å². The van der Waals surface area contributed by atoms with Gasteiger partial charge in [0.2, 0.25) is 0 Å². The number of anilines is 1. The summed E-state index contributed by atoms with van der Waals surface area (Å²) >= 11 is 5.95. The van der Waals surface area contributed by atoms with E-state index in [4.69, 9.17) is 16.3 Å². The van der Waals surface area contributed by atoms with Crippen LogP contribution in [0, 0.1) is 11.7 Å². The Morgan fingerprint density at radius 2 is 1.90 bits per heavy atom. The second kappa shape index (κ2) is 6.95. The first-order chi connectivity index (χ1) is 14.1. The van der Waals surface area contributed by atoms with Gasteiger partial charge in [-0.3, -0.25) is 14.5 Å². The number of fused-ring (bicyclic) bond motifs is 1. The van der Waals surface area contributed by atoms with Crippen LogP contribution in [0.1, 0.15) is 37.3 Å². The van der Waals surface area contributed by atoms with Gasteiger partial charge in [-0.1, -0.05) is 36.2 Å². The molecule has 3 atom stereocenters. The van der Waals surface area contributed by atoms with Crippen molar-refractivity contribution in [1.29, 1.82) is 0 Å². The van der Waals surface area contributed by atoms with Crippen molar-refractivity contribution in [3.8, 4) is 0 Å². The number of pyridine rings is 1. The lowest BCUT2D eigenvalue weighted by Crippen LogP contribution is -2.39. The zero-order valence-corrected chi connectivity index (χ0v) is 16.2. The second-order valence-corrected chi connectivity index (χ2v) is 8.02. The summed E-state index contributed by atoms with van der Waals surface area (Å²) in [6.45, 7) is 0. The number of hydrogen-bond acceptors (Lipinski definition) is 4. The molecule has 0 spiro atoms. The molecule has 2 aliphatic heterocycles. The minimum absolute atomic E-state index is 0.0307. The molecule has 2 aromatic rings. The summed E-state index contributed by atoms with van der Waals surface area (Å²) < 4.78 is 20.8. The van der Waals surface area contributed by atoms with E-state index >= 15 is 0 Å². The van der Waals surface area contributed by atoms with Crippen molar-refractivity contribution in [3.63, 3.8) is 0 Å². The quantitative estimate of drug-likeness (QED) is 0.734. The summed E-state index contributed by atoms with van der Waals surface area (Å²) in [6.07, 6.45) is 4.49. The molecule has 3 unspecified atom stereocenters. The van der Waals surface area contributed by atoms with Crippen LogP contribution >= 0.6 is 11.6 Å². The average molecular weight is 413 g/mol. The molecule has 3 heterocycles. The minimum atomic E-state index is -0.914. The number of ether oxygens (including phenoxy) is 1. The zero-order chi connectivity index (χ0) is 20.1. The number of Topliss-reactive ketones (excluding diaryl/α,β-unsaturated/α-hetero) is 1. The first-order valence-corrected chi connectivity index (χ1v) is 10.1. The van der Waals surface area contributed by atoms with Gasteiger partial charge in [-0.05, 0) is 37.5 Å². The Bertz CT molecular complexity index is 1040. The number of rotatable bonds is 2. The summed E-state index contributed by atoms with van der Waals surface area (Å²) in [5, 5.41) is 0.416. The molecule has 1 aliphatic carbocycles. The van der Waals surface area contributed by atoms with Crippen molar-refractivity contribution in [1.82, 2.24) is 4.98 Å². The minimum Gasteiger partial charge on any atom is -0.483 e. The summed E-state index contributed by atoms with van der Waals surface area (Å²) in [4.78, 5) is 32.4. The maximum atomic E-state index is 14.8. The third-order valence-electron chi connectivity index (χ3n) is 5.92. The van der Waals surface area contributed by atoms with E-state index in [1.165, 1.54) is 17.2 Å². The standard InChI is InChI=1S/C22H18ClFN2O3/c23-12-9-10-17(25-11-12)26-19(13-5-1-3-7-15(13)24)18-20(27)14-6-2-4-8-16(14)29-21(18)22(26)28/h1,3,5,7,9-11,14,16,19H,2,4,6,8H2. The monoisotopic (exact) mass is 412 g/mol. The van der Waals surface area contributed by atoms with Crippen molar-refractivity contribution >= 4 is 29.1 Å². The van der Waals surface area contributed by atoms with E-state index in [2.05, 4.69) is 4.98 Å². The smallest absolute Gasteiger partial charge is 0.295 e. The number of nitrogens with zero attached hydrogens (tertiary/aromatic N) is 2. The highest BCUT2D eigenvalue weighted by molar-refractivity contribution is 6.30. The molecule has 0 radical (unpaired) electrons. The summed E-state index contributed by atoms with van der Waals surface area (Å²) in [7, 11) is 0. The summed E-state index contributed by atoms with van der Waals surface area (Å²) in [6, 6.07) is 8.45. The number of aromatic nitrogens is 1. The van der Waals surface area contributed by atoms with Crippen LogP contribution in [0.5, 0.6) is 0 Å². The molecule has 1 amide bonds. The number of amides is 1. The SMILES string of the molecule is O=C1C2=C(OC3CCCCC13)C(=O)N(c1ccc(Cl)cn1)C2c1ccccc1F. The van der Waals surface area contributed by atoms with Gasteiger partial charge < -0.3 is 4.74 Å². The number of halogens is 2. The van der Waals surface area contributed by atoms with Crippen LogP contribution in [0.3, 0.4) is 0 Å². The first kappa shape index (κ1) is 18.3. The van der Waals surface area contributed by atoms with Gasteiger partial charge in [0.1, 0.15) is 17.7 Å². The van der Waals surface area contributed by atoms with Gasteiger partial charge in [-0.2, -0.15) is 0 Å². The predicted octanol–water partition coefficient (Wildman–Crippen LogP) is 4.37. The molecular weight excluding hydrogens is 395 g/mol. The maximum absolute atomic E-state index is 14.8. The number of benzene rings is 1. The van der Waals surface area contributed by atoms with E-state index in [0.29, 0.717) is 10.8 Å². The molecule has 3 aliphatic rings. The molecular formula is C22H18ClFN2O3. The fourth-order valence-electron chi connectivity index (χ4n) is 4.58. The summed E-state index contributed by atoms with van der Waals surface area (Å²) in [5.74, 6) is -1.04. The van der Waals surface area contributed by atoms with Gasteiger partial charge in [0.05, 0.1) is 22.6 Å². The zero-order valence-electron chi connectivity index (χ0n) is 15.5. The molecule has 1 fully saturated rings. The Hall–Kier alpha value is -2.73. The third kappa shape index (κ3) is 2.85.